The largest absolute Gasteiger partial charge is 0.497 e. The number of carbonyl (C=O) groups excluding carboxylic acids is 1. The number of nitrogens with one attached hydrogen (secondary N) is 1. The molecule has 0 radical (unpaired) electrons. The van der Waals surface area contributed by atoms with Crippen LogP contribution >= 0.6 is 12.4 Å². The van der Waals surface area contributed by atoms with Gasteiger partial charge in [-0.15, -0.1) is 12.4 Å². The molecule has 1 aliphatic carbocycles. The molecular formula is C17H23ClN2O3. The summed E-state index contributed by atoms with van der Waals surface area (Å²) in [6.45, 7) is 2.74. The first-order valence-corrected chi connectivity index (χ1v) is 7.60. The molecule has 5 nitrogen and oxygen atoms in total. The number of hydrogen-bond acceptors (Lipinski definition) is 4. The third-order valence-electron chi connectivity index (χ3n) is 4.52. The quantitative estimate of drug-likeness (QED) is 0.862. The number of fused-ring (bicyclic) bond motifs is 1. The van der Waals surface area contributed by atoms with Crippen molar-refractivity contribution in [1.82, 2.24) is 5.32 Å². The molecule has 1 saturated carbocycles. The van der Waals surface area contributed by atoms with Gasteiger partial charge in [-0.3, -0.25) is 4.79 Å². The van der Waals surface area contributed by atoms with Crippen LogP contribution in [-0.2, 0) is 4.79 Å². The molecule has 3 rings (SSSR count). The first kappa shape index (κ1) is 17.6. The zero-order valence-electron chi connectivity index (χ0n) is 13.4. The maximum atomic E-state index is 12.5. The second kappa shape index (κ2) is 6.81. The Morgan fingerprint density at radius 3 is 2.83 bits per heavy atom. The van der Waals surface area contributed by atoms with Crippen LogP contribution in [0.25, 0.3) is 6.08 Å². The van der Waals surface area contributed by atoms with E-state index >= 15 is 0 Å². The molecule has 1 fully saturated rings. The van der Waals surface area contributed by atoms with Gasteiger partial charge in [0.1, 0.15) is 18.1 Å². The van der Waals surface area contributed by atoms with E-state index in [0.29, 0.717) is 18.0 Å². The maximum absolute atomic E-state index is 12.5. The highest BCUT2D eigenvalue weighted by Gasteiger charge is 2.42. The van der Waals surface area contributed by atoms with Gasteiger partial charge in [0.25, 0.3) is 5.91 Å². The van der Waals surface area contributed by atoms with Gasteiger partial charge in [-0.1, -0.05) is 0 Å². The second-order valence-electron chi connectivity index (χ2n) is 6.21. The van der Waals surface area contributed by atoms with Crippen LogP contribution in [0.4, 0.5) is 0 Å². The Morgan fingerprint density at radius 1 is 1.48 bits per heavy atom. The average molecular weight is 339 g/mol. The van der Waals surface area contributed by atoms with Crippen molar-refractivity contribution in [3.05, 3.63) is 29.3 Å². The van der Waals surface area contributed by atoms with E-state index in [0.717, 1.165) is 29.9 Å². The van der Waals surface area contributed by atoms with Crippen molar-refractivity contribution in [2.75, 3.05) is 20.3 Å². The number of benzene rings is 1. The third-order valence-corrected chi connectivity index (χ3v) is 4.52. The van der Waals surface area contributed by atoms with Gasteiger partial charge in [-0.05, 0) is 50.0 Å². The van der Waals surface area contributed by atoms with Gasteiger partial charge in [-0.25, -0.2) is 0 Å². The molecule has 1 amide bonds. The molecule has 0 bridgehead atoms. The lowest BCUT2D eigenvalue weighted by atomic mass is 9.95. The van der Waals surface area contributed by atoms with Crippen molar-refractivity contribution in [1.29, 1.82) is 0 Å². The Bertz CT molecular complexity index is 628. The van der Waals surface area contributed by atoms with Crippen LogP contribution in [-0.4, -0.2) is 31.7 Å². The zero-order valence-corrected chi connectivity index (χ0v) is 14.2. The Kier molecular flexibility index (Phi) is 5.22. The molecule has 2 aliphatic rings. The van der Waals surface area contributed by atoms with Gasteiger partial charge < -0.3 is 20.5 Å². The summed E-state index contributed by atoms with van der Waals surface area (Å²) in [4.78, 5) is 12.5. The molecule has 126 valence electrons. The Hall–Kier alpha value is -1.72. The summed E-state index contributed by atoms with van der Waals surface area (Å²) in [7, 11) is 1.62. The molecule has 0 spiro atoms. The molecule has 3 N–H and O–H groups in total. The SMILES string of the molecule is COc1ccc2c(c1)C=C(C(=O)NC(C)(CN)C1CC1)CO2.Cl. The van der Waals surface area contributed by atoms with E-state index in [1.165, 1.54) is 0 Å². The van der Waals surface area contributed by atoms with E-state index in [2.05, 4.69) is 5.32 Å². The Morgan fingerprint density at radius 2 is 2.22 bits per heavy atom. The molecule has 0 aromatic heterocycles. The minimum atomic E-state index is -0.327. The van der Waals surface area contributed by atoms with Crippen LogP contribution in [0.3, 0.4) is 0 Å². The van der Waals surface area contributed by atoms with Crippen molar-refractivity contribution in [2.45, 2.75) is 25.3 Å². The lowest BCUT2D eigenvalue weighted by molar-refractivity contribution is -0.119. The maximum Gasteiger partial charge on any atom is 0.251 e. The summed E-state index contributed by atoms with van der Waals surface area (Å²) in [6.07, 6.45) is 4.12. The highest BCUT2D eigenvalue weighted by molar-refractivity contribution is 5.99. The summed E-state index contributed by atoms with van der Waals surface area (Å²) in [6, 6.07) is 5.56. The topological polar surface area (TPSA) is 73.6 Å². The van der Waals surface area contributed by atoms with Crippen molar-refractivity contribution < 1.29 is 14.3 Å². The molecule has 1 atom stereocenters. The van der Waals surface area contributed by atoms with Gasteiger partial charge in [0.05, 0.1) is 18.2 Å². The molecule has 1 heterocycles. The Balaban J connectivity index is 0.00000192. The van der Waals surface area contributed by atoms with Crippen molar-refractivity contribution >= 4 is 24.4 Å². The van der Waals surface area contributed by atoms with E-state index in [9.17, 15) is 4.79 Å². The van der Waals surface area contributed by atoms with Crippen molar-refractivity contribution in [3.63, 3.8) is 0 Å². The van der Waals surface area contributed by atoms with Crippen LogP contribution in [0.5, 0.6) is 11.5 Å². The van der Waals surface area contributed by atoms with Crippen LogP contribution in [0.15, 0.2) is 23.8 Å². The first-order chi connectivity index (χ1) is 10.6. The molecule has 1 unspecified atom stereocenters. The molecule has 1 aliphatic heterocycles. The van der Waals surface area contributed by atoms with Gasteiger partial charge in [0, 0.05) is 12.1 Å². The van der Waals surface area contributed by atoms with Gasteiger partial charge in [0.15, 0.2) is 0 Å². The van der Waals surface area contributed by atoms with E-state index in [4.69, 9.17) is 15.2 Å². The van der Waals surface area contributed by atoms with Crippen LogP contribution in [0.1, 0.15) is 25.3 Å². The summed E-state index contributed by atoms with van der Waals surface area (Å²) in [5, 5.41) is 3.09. The predicted molar refractivity (Wildman–Crippen MR) is 92.0 cm³/mol. The minimum Gasteiger partial charge on any atom is -0.497 e. The molecule has 0 saturated heterocycles. The van der Waals surface area contributed by atoms with E-state index in [1.807, 2.05) is 31.2 Å². The number of ether oxygens (including phenoxy) is 2. The van der Waals surface area contributed by atoms with E-state index in [1.54, 1.807) is 7.11 Å². The summed E-state index contributed by atoms with van der Waals surface area (Å²) >= 11 is 0. The Labute approximate surface area is 142 Å². The molecule has 6 heteroatoms. The molecule has 1 aromatic carbocycles. The molecule has 23 heavy (non-hydrogen) atoms. The molecule has 1 aromatic rings. The zero-order chi connectivity index (χ0) is 15.7. The summed E-state index contributed by atoms with van der Waals surface area (Å²) in [5.74, 6) is 1.89. The highest BCUT2D eigenvalue weighted by atomic mass is 35.5. The van der Waals surface area contributed by atoms with Gasteiger partial charge in [-0.2, -0.15) is 0 Å². The average Bonchev–Trinajstić information content (AvgIpc) is 3.38. The standard InChI is InChI=1S/C17H22N2O3.ClH/c1-17(10-18,13-3-4-13)19-16(20)12-7-11-8-14(21-2)5-6-15(11)22-9-12;/h5-8,13H,3-4,9-10,18H2,1-2H3,(H,19,20);1H. The molecular weight excluding hydrogens is 316 g/mol. The number of rotatable bonds is 5. The van der Waals surface area contributed by atoms with Gasteiger partial charge >= 0.3 is 0 Å². The number of carbonyl (C=O) groups is 1. The minimum absolute atomic E-state index is 0. The lowest BCUT2D eigenvalue weighted by Crippen LogP contribution is -2.53. The van der Waals surface area contributed by atoms with Crippen LogP contribution in [0, 0.1) is 5.92 Å². The fraction of sp³-hybridized carbons (Fsp3) is 0.471. The summed E-state index contributed by atoms with van der Waals surface area (Å²) in [5.41, 5.74) is 7.00. The van der Waals surface area contributed by atoms with E-state index in [-0.39, 0.29) is 30.5 Å². The number of methoxy groups -OCH3 is 1. The predicted octanol–water partition coefficient (Wildman–Crippen LogP) is 2.14. The van der Waals surface area contributed by atoms with Crippen LogP contribution < -0.4 is 20.5 Å². The number of halogens is 1. The number of amides is 1. The third kappa shape index (κ3) is 3.62. The number of nitrogens with two attached hydrogens (primary N) is 1. The fourth-order valence-electron chi connectivity index (χ4n) is 2.79. The second-order valence-corrected chi connectivity index (χ2v) is 6.21. The normalized spacial score (nSPS) is 18.5. The first-order valence-electron chi connectivity index (χ1n) is 7.60. The summed E-state index contributed by atoms with van der Waals surface area (Å²) < 4.78 is 10.9. The lowest BCUT2D eigenvalue weighted by Gasteiger charge is -2.30. The monoisotopic (exact) mass is 338 g/mol. The van der Waals surface area contributed by atoms with E-state index < -0.39 is 0 Å². The number of hydrogen-bond donors (Lipinski definition) is 2. The fourth-order valence-corrected chi connectivity index (χ4v) is 2.79. The highest BCUT2D eigenvalue weighted by Crippen LogP contribution is 2.39. The van der Waals surface area contributed by atoms with Crippen molar-refractivity contribution in [3.8, 4) is 11.5 Å². The van der Waals surface area contributed by atoms with Crippen molar-refractivity contribution in [2.24, 2.45) is 11.7 Å². The van der Waals surface area contributed by atoms with Crippen LogP contribution in [0.2, 0.25) is 0 Å². The smallest absolute Gasteiger partial charge is 0.251 e. The van der Waals surface area contributed by atoms with Gasteiger partial charge in [0.2, 0.25) is 0 Å².